The molecule has 20 heavy (non-hydrogen) atoms. The van der Waals surface area contributed by atoms with Crippen LogP contribution >= 0.6 is 27.5 Å². The zero-order valence-corrected chi connectivity index (χ0v) is 13.1. The summed E-state index contributed by atoms with van der Waals surface area (Å²) in [4.78, 5) is 0. The number of nitriles is 1. The predicted molar refractivity (Wildman–Crippen MR) is 84.2 cm³/mol. The highest BCUT2D eigenvalue weighted by molar-refractivity contribution is 9.10. The molecule has 2 aromatic carbocycles. The van der Waals surface area contributed by atoms with Crippen molar-refractivity contribution < 1.29 is 4.74 Å². The van der Waals surface area contributed by atoms with Crippen LogP contribution in [0.3, 0.4) is 0 Å². The number of nitrogens with one attached hydrogen (secondary N) is 1. The standard InChI is InChI=1S/C15H12BrClN2O/c1-20-15-6-10(2-3-11(15)8-18)9-19-14-7-12(17)4-5-13(14)16/h2-7,19H,9H2,1H3. The summed E-state index contributed by atoms with van der Waals surface area (Å²) in [5.41, 5.74) is 2.47. The third-order valence-corrected chi connectivity index (χ3v) is 3.72. The van der Waals surface area contributed by atoms with E-state index >= 15 is 0 Å². The van der Waals surface area contributed by atoms with Crippen molar-refractivity contribution in [1.29, 1.82) is 5.26 Å². The summed E-state index contributed by atoms with van der Waals surface area (Å²) >= 11 is 9.43. The highest BCUT2D eigenvalue weighted by Gasteiger charge is 2.05. The Labute approximate surface area is 131 Å². The molecule has 0 aromatic heterocycles. The molecule has 0 aliphatic carbocycles. The molecule has 2 aromatic rings. The van der Waals surface area contributed by atoms with E-state index in [1.54, 1.807) is 13.2 Å². The number of halogens is 2. The Morgan fingerprint density at radius 3 is 2.80 bits per heavy atom. The van der Waals surface area contributed by atoms with Gasteiger partial charge in [-0.1, -0.05) is 17.7 Å². The molecule has 0 spiro atoms. The van der Waals surface area contributed by atoms with E-state index in [-0.39, 0.29) is 0 Å². The number of hydrogen-bond acceptors (Lipinski definition) is 3. The first-order chi connectivity index (χ1) is 9.63. The van der Waals surface area contributed by atoms with Crippen molar-refractivity contribution in [3.05, 3.63) is 57.0 Å². The van der Waals surface area contributed by atoms with Crippen LogP contribution < -0.4 is 10.1 Å². The number of ether oxygens (including phenoxy) is 1. The maximum absolute atomic E-state index is 8.95. The Hall–Kier alpha value is -1.70. The summed E-state index contributed by atoms with van der Waals surface area (Å²) in [6.45, 7) is 0.612. The van der Waals surface area contributed by atoms with Crippen LogP contribution in [0.15, 0.2) is 40.9 Å². The fraction of sp³-hybridized carbons (Fsp3) is 0.133. The van der Waals surface area contributed by atoms with E-state index < -0.39 is 0 Å². The second kappa shape index (κ2) is 6.65. The molecule has 5 heteroatoms. The molecule has 0 saturated heterocycles. The van der Waals surface area contributed by atoms with E-state index in [0.717, 1.165) is 15.7 Å². The maximum atomic E-state index is 8.95. The van der Waals surface area contributed by atoms with Gasteiger partial charge in [-0.3, -0.25) is 0 Å². The molecular weight excluding hydrogens is 340 g/mol. The lowest BCUT2D eigenvalue weighted by molar-refractivity contribution is 0.413. The molecule has 0 radical (unpaired) electrons. The van der Waals surface area contributed by atoms with E-state index in [1.165, 1.54) is 0 Å². The third-order valence-electron chi connectivity index (χ3n) is 2.80. The number of hydrogen-bond donors (Lipinski definition) is 1. The predicted octanol–water partition coefficient (Wildman–Crippen LogP) is 4.59. The summed E-state index contributed by atoms with van der Waals surface area (Å²) in [6, 6.07) is 13.2. The first-order valence-electron chi connectivity index (χ1n) is 5.90. The first-order valence-corrected chi connectivity index (χ1v) is 7.07. The van der Waals surface area contributed by atoms with Crippen LogP contribution in [-0.2, 0) is 6.54 Å². The summed E-state index contributed by atoms with van der Waals surface area (Å²) in [7, 11) is 1.56. The number of nitrogens with zero attached hydrogens (tertiary/aromatic N) is 1. The van der Waals surface area contributed by atoms with E-state index in [0.29, 0.717) is 22.9 Å². The van der Waals surface area contributed by atoms with Gasteiger partial charge in [0.15, 0.2) is 0 Å². The van der Waals surface area contributed by atoms with E-state index in [4.69, 9.17) is 21.6 Å². The highest BCUT2D eigenvalue weighted by atomic mass is 79.9. The van der Waals surface area contributed by atoms with Crippen LogP contribution in [-0.4, -0.2) is 7.11 Å². The molecule has 0 atom stereocenters. The minimum Gasteiger partial charge on any atom is -0.495 e. The lowest BCUT2D eigenvalue weighted by atomic mass is 10.1. The van der Waals surface area contributed by atoms with Gasteiger partial charge in [-0.05, 0) is 51.8 Å². The monoisotopic (exact) mass is 350 g/mol. The maximum Gasteiger partial charge on any atom is 0.136 e. The van der Waals surface area contributed by atoms with Gasteiger partial charge in [0, 0.05) is 16.0 Å². The fourth-order valence-electron chi connectivity index (χ4n) is 1.77. The molecule has 0 saturated carbocycles. The SMILES string of the molecule is COc1cc(CNc2cc(Cl)ccc2Br)ccc1C#N. The molecule has 3 nitrogen and oxygen atoms in total. The number of rotatable bonds is 4. The topological polar surface area (TPSA) is 45.0 Å². The molecule has 2 rings (SSSR count). The van der Waals surface area contributed by atoms with Crippen LogP contribution in [0.25, 0.3) is 0 Å². The molecule has 0 unspecified atom stereocenters. The zero-order valence-electron chi connectivity index (χ0n) is 10.8. The number of anilines is 1. The normalized spacial score (nSPS) is 9.90. The van der Waals surface area contributed by atoms with Crippen LogP contribution in [0.2, 0.25) is 5.02 Å². The summed E-state index contributed by atoms with van der Waals surface area (Å²) in [5.74, 6) is 0.581. The van der Waals surface area contributed by atoms with Crippen molar-refractivity contribution in [3.63, 3.8) is 0 Å². The second-order valence-electron chi connectivity index (χ2n) is 4.12. The van der Waals surface area contributed by atoms with Gasteiger partial charge in [0.05, 0.1) is 18.4 Å². The lowest BCUT2D eigenvalue weighted by Crippen LogP contribution is -2.01. The highest BCUT2D eigenvalue weighted by Crippen LogP contribution is 2.27. The van der Waals surface area contributed by atoms with Crippen molar-refractivity contribution in [2.45, 2.75) is 6.54 Å². The number of benzene rings is 2. The molecule has 0 amide bonds. The lowest BCUT2D eigenvalue weighted by Gasteiger charge is -2.10. The van der Waals surface area contributed by atoms with Crippen molar-refractivity contribution in [3.8, 4) is 11.8 Å². The zero-order chi connectivity index (χ0) is 14.5. The van der Waals surface area contributed by atoms with Crippen molar-refractivity contribution in [2.24, 2.45) is 0 Å². The van der Waals surface area contributed by atoms with E-state index in [2.05, 4.69) is 27.3 Å². The average Bonchev–Trinajstić information content (AvgIpc) is 2.47. The quantitative estimate of drug-likeness (QED) is 0.876. The Bertz CT molecular complexity index is 667. The molecule has 0 bridgehead atoms. The molecule has 0 fully saturated rings. The van der Waals surface area contributed by atoms with Crippen LogP contribution in [0.4, 0.5) is 5.69 Å². The third kappa shape index (κ3) is 3.44. The summed E-state index contributed by atoms with van der Waals surface area (Å²) < 4.78 is 6.14. The van der Waals surface area contributed by atoms with Gasteiger partial charge >= 0.3 is 0 Å². The smallest absolute Gasteiger partial charge is 0.136 e. The van der Waals surface area contributed by atoms with Gasteiger partial charge in [0.1, 0.15) is 11.8 Å². The first kappa shape index (κ1) is 14.7. The van der Waals surface area contributed by atoms with Crippen molar-refractivity contribution in [1.82, 2.24) is 0 Å². The Kier molecular flexibility index (Phi) is 4.89. The minimum absolute atomic E-state index is 0.528. The van der Waals surface area contributed by atoms with Gasteiger partial charge in [-0.25, -0.2) is 0 Å². The van der Waals surface area contributed by atoms with Gasteiger partial charge in [0.25, 0.3) is 0 Å². The van der Waals surface area contributed by atoms with Crippen molar-refractivity contribution >= 4 is 33.2 Å². The van der Waals surface area contributed by atoms with Crippen molar-refractivity contribution in [2.75, 3.05) is 12.4 Å². The van der Waals surface area contributed by atoms with Crippen LogP contribution in [0.1, 0.15) is 11.1 Å². The Balaban J connectivity index is 2.15. The Morgan fingerprint density at radius 2 is 2.10 bits per heavy atom. The van der Waals surface area contributed by atoms with E-state index in [9.17, 15) is 0 Å². The molecule has 0 heterocycles. The largest absolute Gasteiger partial charge is 0.495 e. The molecule has 0 aliphatic rings. The fourth-order valence-corrected chi connectivity index (χ4v) is 2.33. The molecule has 102 valence electrons. The van der Waals surface area contributed by atoms with Crippen LogP contribution in [0.5, 0.6) is 5.75 Å². The van der Waals surface area contributed by atoms with Gasteiger partial charge in [-0.15, -0.1) is 0 Å². The van der Waals surface area contributed by atoms with Gasteiger partial charge < -0.3 is 10.1 Å². The molecule has 0 aliphatic heterocycles. The number of methoxy groups -OCH3 is 1. The van der Waals surface area contributed by atoms with E-state index in [1.807, 2.05) is 30.3 Å². The second-order valence-corrected chi connectivity index (χ2v) is 5.41. The molecular formula is C15H12BrClN2O. The van der Waals surface area contributed by atoms with Crippen LogP contribution in [0, 0.1) is 11.3 Å². The Morgan fingerprint density at radius 1 is 1.30 bits per heavy atom. The van der Waals surface area contributed by atoms with Gasteiger partial charge in [-0.2, -0.15) is 5.26 Å². The average molecular weight is 352 g/mol. The molecule has 1 N–H and O–H groups in total. The minimum atomic E-state index is 0.528. The summed E-state index contributed by atoms with van der Waals surface area (Å²) in [5, 5.41) is 12.9. The summed E-state index contributed by atoms with van der Waals surface area (Å²) in [6.07, 6.45) is 0. The van der Waals surface area contributed by atoms with Gasteiger partial charge in [0.2, 0.25) is 0 Å².